The summed E-state index contributed by atoms with van der Waals surface area (Å²) in [7, 11) is -5.11. The topological polar surface area (TPSA) is 371 Å². The Balaban J connectivity index is 1.41. The zero-order chi connectivity index (χ0) is 87.5. The van der Waals surface area contributed by atoms with Crippen LogP contribution < -0.4 is 31.1 Å². The van der Waals surface area contributed by atoms with Crippen LogP contribution in [0, 0.1) is 23.7 Å². The molecule has 4 unspecified atom stereocenters. The highest BCUT2D eigenvalue weighted by Gasteiger charge is 2.40. The molecule has 0 heterocycles. The van der Waals surface area contributed by atoms with Crippen molar-refractivity contribution in [2.75, 3.05) is 39.6 Å². The normalized spacial score (nSPS) is 12.0. The van der Waals surface area contributed by atoms with Gasteiger partial charge in [0.1, 0.15) is 0 Å². The quantitative estimate of drug-likeness (QED) is 0.0119. The van der Waals surface area contributed by atoms with Crippen molar-refractivity contribution in [3.05, 3.63) is 247 Å². The maximum Gasteiger partial charge on any atom is 0.549 e. The Morgan fingerprint density at radius 1 is 0.225 bits per heavy atom. The van der Waals surface area contributed by atoms with Crippen LogP contribution in [0.4, 0.5) is 28.8 Å². The average Bonchev–Trinajstić information content (AvgIpc) is 0.829. The largest absolute Gasteiger partial charge is 0.549 e. The molecule has 0 aliphatic carbocycles. The lowest BCUT2D eigenvalue weighted by Crippen LogP contribution is -2.41. The van der Waals surface area contributed by atoms with Crippen molar-refractivity contribution in [2.45, 2.75) is 95.9 Å². The molecular formula is C84H98O30Si6. The summed E-state index contributed by atoms with van der Waals surface area (Å²) in [5, 5.41) is 5.79. The molecule has 6 aromatic rings. The Morgan fingerprint density at radius 2 is 0.383 bits per heavy atom. The fraction of sp³-hybridized carbons (Fsp3) is 0.286. The molecule has 36 heteroatoms. The molecule has 0 bridgehead atoms. The number of hydrogen-bond donors (Lipinski definition) is 0. The van der Waals surface area contributed by atoms with Gasteiger partial charge in [-0.25, -0.2) is 87.4 Å². The second kappa shape index (κ2) is 51.6. The summed E-state index contributed by atoms with van der Waals surface area (Å²) in [6.45, 7) is 17.7. The molecule has 0 aliphatic rings. The third kappa shape index (κ3) is 37.4. The van der Waals surface area contributed by atoms with Crippen molar-refractivity contribution in [3.63, 3.8) is 0 Å². The fourth-order valence-corrected chi connectivity index (χ4v) is 17.7. The lowest BCUT2D eigenvalue weighted by atomic mass is 9.74. The van der Waals surface area contributed by atoms with Gasteiger partial charge in [0, 0.05) is 23.7 Å². The Hall–Kier alpha value is -12.5. The predicted octanol–water partition coefficient (Wildman–Crippen LogP) is 8.09. The molecule has 6 rings (SSSR count). The third-order valence-corrected chi connectivity index (χ3v) is 29.3. The summed E-state index contributed by atoms with van der Waals surface area (Å²) < 4.78 is 33.2. The van der Waals surface area contributed by atoms with Gasteiger partial charge in [-0.15, -0.1) is 0 Å². The van der Waals surface area contributed by atoms with Gasteiger partial charge in [0.25, 0.3) is 0 Å². The SMILES string of the molecule is CC(C)=C[SiH2]c1ccc(C(=O)OOC(=O)OCCC(COC(=O)OOC(=O)c2ccc([SiH2]C=C(C)C)cc2)C(COC(=O)OOC(=O)c2ccc([SiH2]C=C(C)C)cc2)C(COC(=O)OOC(=O)c2ccc([SiH2]C=C(C)C)cc2)C(CCOC(=O)OOC(=O)c2ccc([SiH2]C=C(C)C)cc2)COC(=O)OOC(=O)c2ccc([SiH2]C=C(C)C)cc2)cc1. The third-order valence-electron chi connectivity index (χ3n) is 17.5. The number of ether oxygens (including phenoxy) is 6. The second-order valence-corrected chi connectivity index (χ2v) is 38.5. The van der Waals surface area contributed by atoms with Crippen LogP contribution in [0.15, 0.2) is 213 Å². The number of hydrogen-bond acceptors (Lipinski definition) is 30. The van der Waals surface area contributed by atoms with E-state index in [0.717, 1.165) is 64.6 Å². The minimum Gasteiger partial charge on any atom is -0.432 e. The van der Waals surface area contributed by atoms with Crippen LogP contribution in [-0.2, 0) is 87.1 Å². The number of allylic oxidation sites excluding steroid dienone is 6. The van der Waals surface area contributed by atoms with Gasteiger partial charge in [0.2, 0.25) is 0 Å². The van der Waals surface area contributed by atoms with E-state index in [1.54, 1.807) is 72.8 Å². The number of carbonyl (C=O) groups is 12. The van der Waals surface area contributed by atoms with Gasteiger partial charge in [0.15, 0.2) is 0 Å². The first-order valence-corrected chi connectivity index (χ1v) is 47.2. The van der Waals surface area contributed by atoms with Crippen LogP contribution in [0.3, 0.4) is 0 Å². The van der Waals surface area contributed by atoms with Crippen molar-refractivity contribution < 1.29 is 145 Å². The van der Waals surface area contributed by atoms with Crippen molar-refractivity contribution in [2.24, 2.45) is 23.7 Å². The van der Waals surface area contributed by atoms with Gasteiger partial charge in [-0.3, -0.25) is 0 Å². The van der Waals surface area contributed by atoms with E-state index in [9.17, 15) is 57.5 Å². The number of rotatable bonds is 35. The first kappa shape index (κ1) is 96.3. The highest BCUT2D eigenvalue weighted by molar-refractivity contribution is 6.60. The van der Waals surface area contributed by atoms with E-state index in [2.05, 4.69) is 34.2 Å². The second-order valence-electron chi connectivity index (χ2n) is 28.7. The minimum absolute atomic E-state index is 0.00850. The first-order chi connectivity index (χ1) is 57.4. The summed E-state index contributed by atoms with van der Waals surface area (Å²) in [6, 6.07) is 37.8. The lowest BCUT2D eigenvalue weighted by molar-refractivity contribution is -0.212. The highest BCUT2D eigenvalue weighted by Crippen LogP contribution is 2.35. The van der Waals surface area contributed by atoms with Gasteiger partial charge in [-0.1, -0.05) is 172 Å². The lowest BCUT2D eigenvalue weighted by Gasteiger charge is -2.36. The predicted molar refractivity (Wildman–Crippen MR) is 455 cm³/mol. The summed E-state index contributed by atoms with van der Waals surface area (Å²) in [5.74, 6) is -13.3. The van der Waals surface area contributed by atoms with Crippen molar-refractivity contribution in [1.82, 2.24) is 0 Å². The summed E-state index contributed by atoms with van der Waals surface area (Å²) in [4.78, 5) is 220. The Labute approximate surface area is 707 Å². The van der Waals surface area contributed by atoms with Crippen molar-refractivity contribution in [3.8, 4) is 0 Å². The monoisotopic (exact) mass is 1750 g/mol. The molecular weight excluding hydrogens is 1660 g/mol. The van der Waals surface area contributed by atoms with Gasteiger partial charge < -0.3 is 28.4 Å². The highest BCUT2D eigenvalue weighted by atomic mass is 28.2. The van der Waals surface area contributed by atoms with Crippen LogP contribution in [-0.4, -0.2) is 170 Å². The average molecular weight is 1760 g/mol. The molecule has 6 aromatic carbocycles. The van der Waals surface area contributed by atoms with Crippen molar-refractivity contribution in [1.29, 1.82) is 0 Å². The van der Waals surface area contributed by atoms with Crippen LogP contribution in [0.25, 0.3) is 0 Å². The van der Waals surface area contributed by atoms with Gasteiger partial charge in [-0.05, 0) is 169 Å². The van der Waals surface area contributed by atoms with E-state index in [-0.39, 0.29) is 33.4 Å². The van der Waals surface area contributed by atoms with Crippen LogP contribution in [0.1, 0.15) is 158 Å². The molecule has 638 valence electrons. The molecule has 120 heavy (non-hydrogen) atoms. The van der Waals surface area contributed by atoms with Gasteiger partial charge >= 0.3 is 72.7 Å². The molecule has 4 atom stereocenters. The molecule has 0 fully saturated rings. The van der Waals surface area contributed by atoms with E-state index in [0.29, 0.717) is 0 Å². The molecule has 0 aliphatic heterocycles. The maximum absolute atomic E-state index is 14.0. The molecule has 0 saturated heterocycles. The number of benzene rings is 6. The molecule has 0 radical (unpaired) electrons. The molecule has 0 saturated carbocycles. The molecule has 0 amide bonds. The van der Waals surface area contributed by atoms with E-state index in [1.807, 2.05) is 83.1 Å². The van der Waals surface area contributed by atoms with Gasteiger partial charge in [0.05, 0.1) is 130 Å². The fourth-order valence-electron chi connectivity index (χ4n) is 10.8. The zero-order valence-corrected chi connectivity index (χ0v) is 77.3. The Morgan fingerprint density at radius 3 is 0.550 bits per heavy atom. The minimum atomic E-state index is -1.74. The van der Waals surface area contributed by atoms with E-state index < -0.39 is 206 Å². The van der Waals surface area contributed by atoms with Crippen LogP contribution in [0.5, 0.6) is 0 Å². The first-order valence-electron chi connectivity index (χ1n) is 38.0. The van der Waals surface area contributed by atoms with Crippen LogP contribution in [0.2, 0.25) is 0 Å². The Kier molecular flexibility index (Phi) is 41.5. The maximum atomic E-state index is 14.0. The standard InChI is InChI=1S/C84H98O30Si6/c1-51(2)45-115-65-25-13-57(14-26-65)73(85)103-109-79(91)97-39-37-63(41-99-81(93)111-105-75(87)59-17-29-67(30-18-59)117-47-53(5)6)71(43-101-83(95)113-107-77(89)61-21-33-69(34-22-61)119-49-55(9)10)72(44-102-84(96)114-108-78(90)62-23-35-70(36-24-62)120-50-56(11)12)64(42-100-82(94)112-106-76(88)60-19-31-68(32-20-60)118-48-54(7)8)38-40-98-80(92)110-104-74(86)58-15-27-66(28-16-58)116-46-52(3)4/h13-36,45-50,63-64,71-72H,37-44,115-120H2,1-12H3. The molecule has 30 nitrogen and oxygen atoms in total. The van der Waals surface area contributed by atoms with Gasteiger partial charge in [-0.2, -0.15) is 28.8 Å². The Bertz CT molecular complexity index is 4360. The zero-order valence-electron chi connectivity index (χ0n) is 68.8. The van der Waals surface area contributed by atoms with Crippen LogP contribution >= 0.6 is 0 Å². The van der Waals surface area contributed by atoms with E-state index in [1.165, 1.54) is 72.8 Å². The van der Waals surface area contributed by atoms with E-state index in [4.69, 9.17) is 87.1 Å². The van der Waals surface area contributed by atoms with E-state index >= 15 is 0 Å². The molecule has 0 aromatic heterocycles. The van der Waals surface area contributed by atoms with Crippen molar-refractivity contribution >= 4 is 161 Å². The summed E-state index contributed by atoms with van der Waals surface area (Å²) in [6.07, 6.45) is -11.3. The summed E-state index contributed by atoms with van der Waals surface area (Å²) in [5.41, 5.74) is 19.0. The molecule has 0 N–H and O–H groups in total. The smallest absolute Gasteiger partial charge is 0.432 e. The number of carbonyl (C=O) groups excluding carboxylic acids is 12. The molecule has 0 spiro atoms. The summed E-state index contributed by atoms with van der Waals surface area (Å²) >= 11 is 0.